The van der Waals surface area contributed by atoms with E-state index in [1.807, 2.05) is 0 Å². The third-order valence-electron chi connectivity index (χ3n) is 4.12. The van der Waals surface area contributed by atoms with Gasteiger partial charge < -0.3 is 0 Å². The Morgan fingerprint density at radius 3 is 2.81 bits per heavy atom. The Hall–Kier alpha value is -0.790. The number of fused-ring (bicyclic) bond motifs is 1. The van der Waals surface area contributed by atoms with Crippen LogP contribution in [0.3, 0.4) is 0 Å². The minimum atomic E-state index is 0.291. The standard InChI is InChI=1S/C14H24N2/c1-4-9-14(3,5-2)13-11-12-8-6-7-10-16(12)15-13/h11H,4-10H2,1-3H3. The van der Waals surface area contributed by atoms with Crippen molar-refractivity contribution < 1.29 is 0 Å². The zero-order valence-electron chi connectivity index (χ0n) is 10.9. The van der Waals surface area contributed by atoms with Crippen LogP contribution in [0.5, 0.6) is 0 Å². The average molecular weight is 220 g/mol. The molecule has 0 bridgehead atoms. The van der Waals surface area contributed by atoms with Crippen LogP contribution in [0.4, 0.5) is 0 Å². The molecule has 0 spiro atoms. The van der Waals surface area contributed by atoms with Crippen LogP contribution in [0, 0.1) is 0 Å². The van der Waals surface area contributed by atoms with Gasteiger partial charge in [0.2, 0.25) is 0 Å². The van der Waals surface area contributed by atoms with Crippen molar-refractivity contribution in [2.24, 2.45) is 0 Å². The van der Waals surface area contributed by atoms with Crippen molar-refractivity contribution in [1.29, 1.82) is 0 Å². The van der Waals surface area contributed by atoms with Crippen LogP contribution < -0.4 is 0 Å². The third-order valence-corrected chi connectivity index (χ3v) is 4.12. The molecule has 16 heavy (non-hydrogen) atoms. The normalized spacial score (nSPS) is 19.2. The molecule has 2 heterocycles. The molecule has 2 nitrogen and oxygen atoms in total. The second-order valence-electron chi connectivity index (χ2n) is 5.37. The molecule has 2 heteroatoms. The van der Waals surface area contributed by atoms with E-state index in [4.69, 9.17) is 5.10 Å². The molecule has 0 aromatic carbocycles. The van der Waals surface area contributed by atoms with Gasteiger partial charge in [-0.1, -0.05) is 27.2 Å². The number of aryl methyl sites for hydroxylation is 2. The zero-order chi connectivity index (χ0) is 11.6. The molecule has 0 amide bonds. The molecule has 1 atom stereocenters. The summed E-state index contributed by atoms with van der Waals surface area (Å²) in [6.45, 7) is 8.05. The zero-order valence-corrected chi connectivity index (χ0v) is 10.9. The number of aromatic nitrogens is 2. The molecule has 1 aliphatic heterocycles. The first-order valence-corrected chi connectivity index (χ1v) is 6.77. The maximum atomic E-state index is 4.83. The average Bonchev–Trinajstić information content (AvgIpc) is 2.73. The molecule has 0 radical (unpaired) electrons. The van der Waals surface area contributed by atoms with Crippen molar-refractivity contribution in [2.75, 3.05) is 0 Å². The molecule has 90 valence electrons. The Morgan fingerprint density at radius 2 is 2.19 bits per heavy atom. The smallest absolute Gasteiger partial charge is 0.0686 e. The predicted octanol–water partition coefficient (Wildman–Crippen LogP) is 3.69. The van der Waals surface area contributed by atoms with E-state index in [9.17, 15) is 0 Å². The Kier molecular flexibility index (Phi) is 3.36. The van der Waals surface area contributed by atoms with Gasteiger partial charge in [0.15, 0.2) is 0 Å². The maximum Gasteiger partial charge on any atom is 0.0686 e. The van der Waals surface area contributed by atoms with E-state index in [0.29, 0.717) is 5.41 Å². The van der Waals surface area contributed by atoms with Crippen LogP contribution >= 0.6 is 0 Å². The molecule has 0 saturated carbocycles. The molecule has 0 N–H and O–H groups in total. The summed E-state index contributed by atoms with van der Waals surface area (Å²) in [6, 6.07) is 2.36. The lowest BCUT2D eigenvalue weighted by Gasteiger charge is -2.25. The first-order valence-electron chi connectivity index (χ1n) is 6.77. The van der Waals surface area contributed by atoms with Gasteiger partial charge in [-0.15, -0.1) is 0 Å². The van der Waals surface area contributed by atoms with E-state index < -0.39 is 0 Å². The highest BCUT2D eigenvalue weighted by atomic mass is 15.3. The van der Waals surface area contributed by atoms with Gasteiger partial charge in [-0.05, 0) is 38.2 Å². The van der Waals surface area contributed by atoms with E-state index in [-0.39, 0.29) is 0 Å². The Bertz CT molecular complexity index is 330. The summed E-state index contributed by atoms with van der Waals surface area (Å²) in [5.74, 6) is 0. The first-order chi connectivity index (χ1) is 7.69. The summed E-state index contributed by atoms with van der Waals surface area (Å²) in [6.07, 6.45) is 7.54. The summed E-state index contributed by atoms with van der Waals surface area (Å²) in [5, 5.41) is 4.83. The number of nitrogens with zero attached hydrogens (tertiary/aromatic N) is 2. The summed E-state index contributed by atoms with van der Waals surface area (Å²) >= 11 is 0. The Labute approximate surface area is 99.0 Å². The molecule has 1 aromatic rings. The lowest BCUT2D eigenvalue weighted by molar-refractivity contribution is 0.391. The number of hydrogen-bond acceptors (Lipinski definition) is 1. The van der Waals surface area contributed by atoms with Crippen LogP contribution in [0.15, 0.2) is 6.07 Å². The molecule has 1 aromatic heterocycles. The van der Waals surface area contributed by atoms with Gasteiger partial charge in [0, 0.05) is 17.7 Å². The van der Waals surface area contributed by atoms with E-state index in [0.717, 1.165) is 6.54 Å². The first kappa shape index (κ1) is 11.7. The monoisotopic (exact) mass is 220 g/mol. The van der Waals surface area contributed by atoms with E-state index in [1.54, 1.807) is 0 Å². The van der Waals surface area contributed by atoms with Gasteiger partial charge in [0.25, 0.3) is 0 Å². The van der Waals surface area contributed by atoms with Crippen molar-refractivity contribution in [3.63, 3.8) is 0 Å². The second kappa shape index (κ2) is 4.60. The third kappa shape index (κ3) is 2.02. The predicted molar refractivity (Wildman–Crippen MR) is 67.7 cm³/mol. The fourth-order valence-corrected chi connectivity index (χ4v) is 2.75. The highest BCUT2D eigenvalue weighted by Gasteiger charge is 2.28. The Morgan fingerprint density at radius 1 is 1.38 bits per heavy atom. The lowest BCUT2D eigenvalue weighted by Crippen LogP contribution is -2.21. The van der Waals surface area contributed by atoms with Gasteiger partial charge >= 0.3 is 0 Å². The van der Waals surface area contributed by atoms with Crippen LogP contribution in [0.1, 0.15) is 64.3 Å². The molecular formula is C14H24N2. The molecule has 1 aliphatic rings. The minimum Gasteiger partial charge on any atom is -0.269 e. The van der Waals surface area contributed by atoms with Crippen molar-refractivity contribution in [3.8, 4) is 0 Å². The van der Waals surface area contributed by atoms with Crippen LogP contribution in [-0.4, -0.2) is 9.78 Å². The van der Waals surface area contributed by atoms with E-state index >= 15 is 0 Å². The molecule has 0 fully saturated rings. The summed E-state index contributed by atoms with van der Waals surface area (Å²) < 4.78 is 2.24. The maximum absolute atomic E-state index is 4.83. The fraction of sp³-hybridized carbons (Fsp3) is 0.786. The van der Waals surface area contributed by atoms with Gasteiger partial charge in [0.1, 0.15) is 0 Å². The van der Waals surface area contributed by atoms with Crippen molar-refractivity contribution >= 4 is 0 Å². The highest BCUT2D eigenvalue weighted by Crippen LogP contribution is 2.32. The number of rotatable bonds is 4. The fourth-order valence-electron chi connectivity index (χ4n) is 2.75. The van der Waals surface area contributed by atoms with E-state index in [1.165, 1.54) is 49.9 Å². The molecule has 2 rings (SSSR count). The number of hydrogen-bond donors (Lipinski definition) is 0. The van der Waals surface area contributed by atoms with Gasteiger partial charge in [0.05, 0.1) is 5.69 Å². The molecule has 0 saturated heterocycles. The van der Waals surface area contributed by atoms with Crippen molar-refractivity contribution in [2.45, 2.75) is 71.3 Å². The van der Waals surface area contributed by atoms with Gasteiger partial charge in [-0.2, -0.15) is 5.10 Å². The Balaban J connectivity index is 2.28. The van der Waals surface area contributed by atoms with Crippen LogP contribution in [-0.2, 0) is 18.4 Å². The topological polar surface area (TPSA) is 17.8 Å². The van der Waals surface area contributed by atoms with Crippen molar-refractivity contribution in [1.82, 2.24) is 9.78 Å². The van der Waals surface area contributed by atoms with Crippen LogP contribution in [0.25, 0.3) is 0 Å². The molecule has 0 aliphatic carbocycles. The quantitative estimate of drug-likeness (QED) is 0.756. The summed E-state index contributed by atoms with van der Waals surface area (Å²) in [7, 11) is 0. The van der Waals surface area contributed by atoms with Crippen LogP contribution in [0.2, 0.25) is 0 Å². The largest absolute Gasteiger partial charge is 0.269 e. The van der Waals surface area contributed by atoms with E-state index in [2.05, 4.69) is 31.5 Å². The molecular weight excluding hydrogens is 196 g/mol. The lowest BCUT2D eigenvalue weighted by atomic mass is 9.80. The summed E-state index contributed by atoms with van der Waals surface area (Å²) in [4.78, 5) is 0. The van der Waals surface area contributed by atoms with Gasteiger partial charge in [-0.25, -0.2) is 0 Å². The summed E-state index contributed by atoms with van der Waals surface area (Å²) in [5.41, 5.74) is 3.07. The van der Waals surface area contributed by atoms with Crippen molar-refractivity contribution in [3.05, 3.63) is 17.5 Å². The minimum absolute atomic E-state index is 0.291. The van der Waals surface area contributed by atoms with Gasteiger partial charge in [-0.3, -0.25) is 4.68 Å². The SMILES string of the molecule is CCCC(C)(CC)c1cc2n(n1)CCCC2. The second-order valence-corrected chi connectivity index (χ2v) is 5.37. The highest BCUT2D eigenvalue weighted by molar-refractivity contribution is 5.20. The molecule has 1 unspecified atom stereocenters.